The van der Waals surface area contributed by atoms with Crippen molar-refractivity contribution in [1.29, 1.82) is 5.26 Å². The Morgan fingerprint density at radius 1 is 0.913 bits per heavy atom. The van der Waals surface area contributed by atoms with Crippen LogP contribution in [0.5, 0.6) is 0 Å². The number of hydrogen-bond donors (Lipinski definition) is 0. The highest BCUT2D eigenvalue weighted by molar-refractivity contribution is 7.89. The number of nitriles is 1. The van der Waals surface area contributed by atoms with E-state index in [0.717, 1.165) is 16.2 Å². The quantitative estimate of drug-likeness (QED) is 0.208. The van der Waals surface area contributed by atoms with Gasteiger partial charge >= 0.3 is 0 Å². The molecule has 0 N–H and O–H groups in total. The molecule has 2 aliphatic rings. The third kappa shape index (κ3) is 6.06. The summed E-state index contributed by atoms with van der Waals surface area (Å²) in [5.74, 6) is -1.11. The van der Waals surface area contributed by atoms with E-state index >= 15 is 0 Å². The van der Waals surface area contributed by atoms with Gasteiger partial charge in [-0.1, -0.05) is 60.7 Å². The summed E-state index contributed by atoms with van der Waals surface area (Å²) in [4.78, 5) is 28.4. The fourth-order valence-corrected chi connectivity index (χ4v) is 6.93. The van der Waals surface area contributed by atoms with E-state index in [0.29, 0.717) is 55.1 Å². The topological polar surface area (TPSA) is 126 Å². The zero-order chi connectivity index (χ0) is 32.3. The van der Waals surface area contributed by atoms with Gasteiger partial charge in [-0.3, -0.25) is 14.5 Å². The lowest BCUT2D eigenvalue weighted by Gasteiger charge is -2.27. The first kappa shape index (κ1) is 30.9. The molecule has 11 heteroatoms. The predicted octanol–water partition coefficient (Wildman–Crippen LogP) is 4.40. The van der Waals surface area contributed by atoms with Crippen molar-refractivity contribution < 1.29 is 22.7 Å². The summed E-state index contributed by atoms with van der Waals surface area (Å²) in [7, 11) is -3.70. The maximum absolute atomic E-state index is 13.8. The number of hydrogen-bond acceptors (Lipinski definition) is 7. The van der Waals surface area contributed by atoms with Crippen molar-refractivity contribution in [3.8, 4) is 23.0 Å². The third-order valence-electron chi connectivity index (χ3n) is 8.09. The van der Waals surface area contributed by atoms with Crippen LogP contribution in [0.4, 0.5) is 0 Å². The average Bonchev–Trinajstić information content (AvgIpc) is 3.52. The van der Waals surface area contributed by atoms with E-state index in [1.807, 2.05) is 66.7 Å². The first-order valence-electron chi connectivity index (χ1n) is 14.8. The van der Waals surface area contributed by atoms with Crippen molar-refractivity contribution >= 4 is 27.9 Å². The van der Waals surface area contributed by atoms with E-state index in [4.69, 9.17) is 9.84 Å². The molecule has 3 heterocycles. The minimum atomic E-state index is -3.70. The van der Waals surface area contributed by atoms with E-state index in [9.17, 15) is 23.3 Å². The molecular formula is C35H31N5O5S. The molecule has 0 spiro atoms. The molecule has 232 valence electrons. The zero-order valence-electron chi connectivity index (χ0n) is 25.2. The summed E-state index contributed by atoms with van der Waals surface area (Å²) in [6.07, 6.45) is 3.87. The molecule has 10 nitrogen and oxygen atoms in total. The Hall–Kier alpha value is -5.15. The predicted molar refractivity (Wildman–Crippen MR) is 172 cm³/mol. The van der Waals surface area contributed by atoms with Gasteiger partial charge in [-0.05, 0) is 54.8 Å². The molecule has 1 saturated heterocycles. The van der Waals surface area contributed by atoms with Crippen LogP contribution in [0.15, 0.2) is 113 Å². The maximum Gasteiger partial charge on any atom is 0.271 e. The first-order chi connectivity index (χ1) is 22.3. The highest BCUT2D eigenvalue weighted by Crippen LogP contribution is 2.32. The van der Waals surface area contributed by atoms with Gasteiger partial charge in [0, 0.05) is 42.5 Å². The molecule has 2 amide bonds. The SMILES string of the molecule is CC1=C(C#N)C(=O)N(CCc2ccccc2)C(=O)/C1=C/c1cn(-c2ccccc2)nc1-c1ccc(S(=O)(=O)N2CCOCC2)cc1. The average molecular weight is 634 g/mol. The number of ether oxygens (including phenoxy) is 1. The molecule has 1 fully saturated rings. The van der Waals surface area contributed by atoms with Crippen LogP contribution in [0, 0.1) is 11.3 Å². The van der Waals surface area contributed by atoms with Crippen LogP contribution in [0.1, 0.15) is 18.1 Å². The molecule has 6 rings (SSSR count). The molecule has 3 aromatic carbocycles. The molecule has 0 saturated carbocycles. The second-order valence-corrected chi connectivity index (χ2v) is 12.9. The molecule has 46 heavy (non-hydrogen) atoms. The fraction of sp³-hybridized carbons (Fsp3) is 0.200. The Balaban J connectivity index is 1.40. The van der Waals surface area contributed by atoms with Crippen LogP contribution in [0.25, 0.3) is 23.0 Å². The highest BCUT2D eigenvalue weighted by atomic mass is 32.2. The highest BCUT2D eigenvalue weighted by Gasteiger charge is 2.35. The zero-order valence-corrected chi connectivity index (χ0v) is 26.0. The molecule has 0 unspecified atom stereocenters. The molecule has 0 bridgehead atoms. The van der Waals surface area contributed by atoms with Crippen molar-refractivity contribution in [2.75, 3.05) is 32.8 Å². The normalized spacial score (nSPS) is 17.0. The Kier molecular flexibility index (Phi) is 8.76. The minimum absolute atomic E-state index is 0.0893. The Bertz CT molecular complexity index is 1990. The van der Waals surface area contributed by atoms with E-state index in [1.54, 1.807) is 48.1 Å². The fourth-order valence-electron chi connectivity index (χ4n) is 5.52. The number of carbonyl (C=O) groups excluding carboxylic acids is 2. The summed E-state index contributed by atoms with van der Waals surface area (Å²) in [5.41, 5.74) is 3.84. The molecular weight excluding hydrogens is 602 g/mol. The van der Waals surface area contributed by atoms with E-state index < -0.39 is 21.8 Å². The van der Waals surface area contributed by atoms with Gasteiger partial charge in [0.1, 0.15) is 11.6 Å². The number of para-hydroxylation sites is 1. The van der Waals surface area contributed by atoms with Crippen LogP contribution >= 0.6 is 0 Å². The van der Waals surface area contributed by atoms with Crippen LogP contribution in [-0.2, 0) is 30.8 Å². The van der Waals surface area contributed by atoms with Crippen molar-refractivity contribution in [2.24, 2.45) is 0 Å². The van der Waals surface area contributed by atoms with E-state index in [-0.39, 0.29) is 22.6 Å². The number of sulfonamides is 1. The van der Waals surface area contributed by atoms with Crippen LogP contribution in [0.3, 0.4) is 0 Å². The number of morpholine rings is 1. The van der Waals surface area contributed by atoms with Crippen molar-refractivity contribution in [1.82, 2.24) is 19.0 Å². The molecule has 2 aliphatic heterocycles. The Labute approximate surface area is 267 Å². The van der Waals surface area contributed by atoms with Gasteiger partial charge in [0.2, 0.25) is 10.0 Å². The standard InChI is InChI=1S/C35H31N5O5S/c1-25-31(34(41)39(35(42)32(25)23-36)17-16-26-8-4-2-5-9-26)22-28-24-40(29-10-6-3-7-11-29)37-33(28)27-12-14-30(15-13-27)46(43,44)38-18-20-45-21-19-38/h2-15,22,24H,16-21H2,1H3/b31-22+. The summed E-state index contributed by atoms with van der Waals surface area (Å²) in [6, 6.07) is 27.4. The lowest BCUT2D eigenvalue weighted by atomic mass is 9.93. The van der Waals surface area contributed by atoms with E-state index in [1.165, 1.54) is 4.31 Å². The van der Waals surface area contributed by atoms with Gasteiger partial charge in [0.05, 0.1) is 29.5 Å². The van der Waals surface area contributed by atoms with Crippen LogP contribution in [0.2, 0.25) is 0 Å². The number of carbonyl (C=O) groups is 2. The third-order valence-corrected chi connectivity index (χ3v) is 10.0. The van der Waals surface area contributed by atoms with Crippen molar-refractivity contribution in [3.63, 3.8) is 0 Å². The smallest absolute Gasteiger partial charge is 0.271 e. The second-order valence-electron chi connectivity index (χ2n) is 10.9. The maximum atomic E-state index is 13.8. The number of benzene rings is 3. The molecule has 0 atom stereocenters. The monoisotopic (exact) mass is 633 g/mol. The molecule has 0 aliphatic carbocycles. The van der Waals surface area contributed by atoms with Crippen molar-refractivity contribution in [3.05, 3.63) is 119 Å². The van der Waals surface area contributed by atoms with Crippen molar-refractivity contribution in [2.45, 2.75) is 18.2 Å². The van der Waals surface area contributed by atoms with Crippen LogP contribution in [-0.4, -0.2) is 72.1 Å². The minimum Gasteiger partial charge on any atom is -0.379 e. The van der Waals surface area contributed by atoms with E-state index in [2.05, 4.69) is 0 Å². The van der Waals surface area contributed by atoms with Gasteiger partial charge in [0.15, 0.2) is 0 Å². The molecule has 0 radical (unpaired) electrons. The van der Waals surface area contributed by atoms with Gasteiger partial charge in [-0.25, -0.2) is 13.1 Å². The van der Waals surface area contributed by atoms with Gasteiger partial charge in [-0.2, -0.15) is 14.7 Å². The molecule has 4 aromatic rings. The summed E-state index contributed by atoms with van der Waals surface area (Å²) in [6.45, 7) is 3.00. The molecule has 1 aromatic heterocycles. The number of nitrogens with zero attached hydrogens (tertiary/aromatic N) is 5. The van der Waals surface area contributed by atoms with Gasteiger partial charge in [0.25, 0.3) is 11.8 Å². The summed E-state index contributed by atoms with van der Waals surface area (Å²) >= 11 is 0. The number of amides is 2. The lowest BCUT2D eigenvalue weighted by molar-refractivity contribution is -0.140. The number of imide groups is 1. The first-order valence-corrected chi connectivity index (χ1v) is 16.3. The lowest BCUT2D eigenvalue weighted by Crippen LogP contribution is -2.43. The van der Waals surface area contributed by atoms with Gasteiger partial charge in [-0.15, -0.1) is 0 Å². The summed E-state index contributed by atoms with van der Waals surface area (Å²) < 4.78 is 34.8. The number of aromatic nitrogens is 2. The van der Waals surface area contributed by atoms with Crippen LogP contribution < -0.4 is 0 Å². The Morgan fingerprint density at radius 2 is 1.57 bits per heavy atom. The van der Waals surface area contributed by atoms with Gasteiger partial charge < -0.3 is 4.74 Å². The Morgan fingerprint density at radius 3 is 2.22 bits per heavy atom. The summed E-state index contributed by atoms with van der Waals surface area (Å²) in [5, 5.41) is 14.7. The second kappa shape index (κ2) is 13.1. The largest absolute Gasteiger partial charge is 0.379 e. The number of rotatable bonds is 8.